The van der Waals surface area contributed by atoms with Crippen molar-refractivity contribution >= 4 is 11.8 Å². The second kappa shape index (κ2) is 7.87. The zero-order valence-electron chi connectivity index (χ0n) is 13.1. The van der Waals surface area contributed by atoms with Gasteiger partial charge in [0.05, 0.1) is 0 Å². The highest BCUT2D eigenvalue weighted by Crippen LogP contribution is 2.07. The Bertz CT molecular complexity index is 773. The van der Waals surface area contributed by atoms with Crippen LogP contribution in [0.25, 0.3) is 5.82 Å². The zero-order chi connectivity index (χ0) is 16.6. The number of hydrogen-bond donors (Lipinski definition) is 2. The minimum absolute atomic E-state index is 0.284. The molecule has 0 saturated heterocycles. The lowest BCUT2D eigenvalue weighted by molar-refractivity contribution is 0.252. The predicted molar refractivity (Wildman–Crippen MR) is 90.9 cm³/mol. The molecule has 0 aliphatic carbocycles. The largest absolute Gasteiger partial charge is 0.338 e. The van der Waals surface area contributed by atoms with E-state index in [4.69, 9.17) is 0 Å². The molecule has 0 aliphatic rings. The Morgan fingerprint density at radius 1 is 1.12 bits per heavy atom. The Morgan fingerprint density at radius 3 is 2.79 bits per heavy atom. The van der Waals surface area contributed by atoms with Crippen molar-refractivity contribution < 1.29 is 4.79 Å². The fourth-order valence-electron chi connectivity index (χ4n) is 2.24. The van der Waals surface area contributed by atoms with E-state index in [0.29, 0.717) is 18.2 Å². The maximum Gasteiger partial charge on any atom is 0.320 e. The molecule has 2 heterocycles. The van der Waals surface area contributed by atoms with Gasteiger partial charge >= 0.3 is 6.03 Å². The van der Waals surface area contributed by atoms with E-state index in [-0.39, 0.29) is 6.03 Å². The van der Waals surface area contributed by atoms with Crippen LogP contribution in [0.1, 0.15) is 12.0 Å². The van der Waals surface area contributed by atoms with Gasteiger partial charge in [-0.3, -0.25) is 5.32 Å². The van der Waals surface area contributed by atoms with Crippen LogP contribution < -0.4 is 10.6 Å². The first kappa shape index (κ1) is 15.7. The van der Waals surface area contributed by atoms with Crippen LogP contribution in [0.3, 0.4) is 0 Å². The average Bonchev–Trinajstić information content (AvgIpc) is 3.15. The number of nitrogens with one attached hydrogen (secondary N) is 2. The molecule has 1 aromatic carbocycles. The van der Waals surface area contributed by atoms with Crippen LogP contribution in [0.2, 0.25) is 0 Å². The third kappa shape index (κ3) is 4.39. The van der Waals surface area contributed by atoms with Gasteiger partial charge in [0.1, 0.15) is 12.1 Å². The van der Waals surface area contributed by atoms with Crippen molar-refractivity contribution in [2.24, 2.45) is 0 Å². The first-order valence-electron chi connectivity index (χ1n) is 7.72. The molecule has 24 heavy (non-hydrogen) atoms. The summed E-state index contributed by atoms with van der Waals surface area (Å²) in [5, 5.41) is 9.62. The summed E-state index contributed by atoms with van der Waals surface area (Å²) < 4.78 is 1.60. The van der Waals surface area contributed by atoms with Crippen molar-refractivity contribution in [2.75, 3.05) is 11.9 Å². The van der Waals surface area contributed by atoms with Crippen LogP contribution in [0.5, 0.6) is 0 Å². The van der Waals surface area contributed by atoms with Gasteiger partial charge in [0, 0.05) is 25.0 Å². The maximum absolute atomic E-state index is 11.9. The van der Waals surface area contributed by atoms with E-state index in [2.05, 4.69) is 37.8 Å². The van der Waals surface area contributed by atoms with Gasteiger partial charge in [-0.05, 0) is 24.5 Å². The highest BCUT2D eigenvalue weighted by atomic mass is 16.2. The number of anilines is 1. The number of aromatic nitrogens is 4. The number of hydrogen-bond acceptors (Lipinski definition) is 4. The topological polar surface area (TPSA) is 84.7 Å². The summed E-state index contributed by atoms with van der Waals surface area (Å²) in [5.41, 5.74) is 1.26. The van der Waals surface area contributed by atoms with E-state index in [1.165, 1.54) is 11.9 Å². The molecule has 0 radical (unpaired) electrons. The number of carbonyl (C=O) groups excluding carboxylic acids is 1. The van der Waals surface area contributed by atoms with Crippen LogP contribution in [0.15, 0.2) is 61.2 Å². The second-order valence-electron chi connectivity index (χ2n) is 5.18. The van der Waals surface area contributed by atoms with E-state index >= 15 is 0 Å². The zero-order valence-corrected chi connectivity index (χ0v) is 13.1. The van der Waals surface area contributed by atoms with Crippen molar-refractivity contribution in [3.63, 3.8) is 0 Å². The molecular weight excluding hydrogens is 304 g/mol. The molecule has 3 rings (SSSR count). The SMILES string of the molecule is O=C(NCCCc1ccccc1)Nc1cc(-n2cccn2)ncn1. The lowest BCUT2D eigenvalue weighted by atomic mass is 10.1. The molecule has 0 bridgehead atoms. The maximum atomic E-state index is 11.9. The Morgan fingerprint density at radius 2 is 2.00 bits per heavy atom. The summed E-state index contributed by atoms with van der Waals surface area (Å²) in [6.07, 6.45) is 6.63. The molecule has 0 spiro atoms. The van der Waals surface area contributed by atoms with Gasteiger partial charge in [0.2, 0.25) is 0 Å². The minimum atomic E-state index is -0.284. The molecule has 0 fully saturated rings. The van der Waals surface area contributed by atoms with E-state index < -0.39 is 0 Å². The minimum Gasteiger partial charge on any atom is -0.338 e. The van der Waals surface area contributed by atoms with Gasteiger partial charge in [-0.15, -0.1) is 0 Å². The molecule has 7 heteroatoms. The Hall–Kier alpha value is -3.22. The van der Waals surface area contributed by atoms with Crippen molar-refractivity contribution in [1.29, 1.82) is 0 Å². The fraction of sp³-hybridized carbons (Fsp3) is 0.176. The standard InChI is InChI=1S/C17H18N6O/c24-17(18-9-4-8-14-6-2-1-3-7-14)22-15-12-16(20-13-19-15)23-11-5-10-21-23/h1-3,5-7,10-13H,4,8-9H2,(H2,18,19,20,22,24). The summed E-state index contributed by atoms with van der Waals surface area (Å²) in [6.45, 7) is 0.595. The number of carbonyl (C=O) groups is 1. The van der Waals surface area contributed by atoms with E-state index in [1.54, 1.807) is 29.2 Å². The summed E-state index contributed by atoms with van der Waals surface area (Å²) in [7, 11) is 0. The van der Waals surface area contributed by atoms with Gasteiger partial charge in [-0.25, -0.2) is 19.4 Å². The third-order valence-electron chi connectivity index (χ3n) is 3.40. The Kier molecular flexibility index (Phi) is 5.14. The molecule has 2 N–H and O–H groups in total. The second-order valence-corrected chi connectivity index (χ2v) is 5.18. The quantitative estimate of drug-likeness (QED) is 0.683. The Labute approximate surface area is 139 Å². The lowest BCUT2D eigenvalue weighted by Gasteiger charge is -2.08. The smallest absolute Gasteiger partial charge is 0.320 e. The molecule has 3 aromatic rings. The molecule has 0 unspecified atom stereocenters. The normalized spacial score (nSPS) is 10.3. The molecule has 0 aliphatic heterocycles. The van der Waals surface area contributed by atoms with Crippen LogP contribution in [0, 0.1) is 0 Å². The van der Waals surface area contributed by atoms with Crippen LogP contribution in [-0.2, 0) is 6.42 Å². The van der Waals surface area contributed by atoms with Crippen LogP contribution in [0.4, 0.5) is 10.6 Å². The van der Waals surface area contributed by atoms with E-state index in [0.717, 1.165) is 12.8 Å². The number of urea groups is 1. The van der Waals surface area contributed by atoms with Crippen molar-refractivity contribution in [2.45, 2.75) is 12.8 Å². The third-order valence-corrected chi connectivity index (χ3v) is 3.40. The molecule has 122 valence electrons. The molecule has 0 atom stereocenters. The van der Waals surface area contributed by atoms with Gasteiger partial charge in [0.25, 0.3) is 0 Å². The van der Waals surface area contributed by atoms with Gasteiger partial charge in [0.15, 0.2) is 5.82 Å². The first-order valence-corrected chi connectivity index (χ1v) is 7.72. The number of nitrogens with zero attached hydrogens (tertiary/aromatic N) is 4. The first-order chi connectivity index (χ1) is 11.8. The lowest BCUT2D eigenvalue weighted by Crippen LogP contribution is -2.30. The van der Waals surface area contributed by atoms with E-state index in [1.807, 2.05) is 18.2 Å². The van der Waals surface area contributed by atoms with E-state index in [9.17, 15) is 4.79 Å². The summed E-state index contributed by atoms with van der Waals surface area (Å²) >= 11 is 0. The monoisotopic (exact) mass is 322 g/mol. The highest BCUT2D eigenvalue weighted by molar-refractivity contribution is 5.88. The molecule has 7 nitrogen and oxygen atoms in total. The molecule has 0 saturated carbocycles. The fourth-order valence-corrected chi connectivity index (χ4v) is 2.24. The van der Waals surface area contributed by atoms with Crippen molar-refractivity contribution in [1.82, 2.24) is 25.1 Å². The van der Waals surface area contributed by atoms with Gasteiger partial charge < -0.3 is 5.32 Å². The number of amides is 2. The van der Waals surface area contributed by atoms with Crippen LogP contribution >= 0.6 is 0 Å². The highest BCUT2D eigenvalue weighted by Gasteiger charge is 2.05. The van der Waals surface area contributed by atoms with Crippen LogP contribution in [-0.4, -0.2) is 32.3 Å². The number of benzene rings is 1. The summed E-state index contributed by atoms with van der Waals surface area (Å²) in [5.74, 6) is 1.02. The average molecular weight is 322 g/mol. The van der Waals surface area contributed by atoms with Crippen molar-refractivity contribution in [3.05, 3.63) is 66.7 Å². The predicted octanol–water partition coefficient (Wildman–Crippen LogP) is 2.42. The molecule has 2 aromatic heterocycles. The number of aryl methyl sites for hydroxylation is 1. The van der Waals surface area contributed by atoms with Gasteiger partial charge in [-0.2, -0.15) is 5.10 Å². The molecule has 2 amide bonds. The van der Waals surface area contributed by atoms with Gasteiger partial charge in [-0.1, -0.05) is 30.3 Å². The molecular formula is C17H18N6O. The Balaban J connectivity index is 1.46. The number of rotatable bonds is 6. The summed E-state index contributed by atoms with van der Waals surface area (Å²) in [6, 6.07) is 13.4. The summed E-state index contributed by atoms with van der Waals surface area (Å²) in [4.78, 5) is 20.1. The van der Waals surface area contributed by atoms with Crippen molar-refractivity contribution in [3.8, 4) is 5.82 Å².